The van der Waals surface area contributed by atoms with Crippen LogP contribution in [-0.2, 0) is 99.9 Å². The van der Waals surface area contributed by atoms with Crippen LogP contribution in [-0.4, -0.2) is 270 Å². The first kappa shape index (κ1) is 120. The van der Waals surface area contributed by atoms with E-state index < -0.39 is 135 Å². The van der Waals surface area contributed by atoms with Gasteiger partial charge in [-0.1, -0.05) is 253 Å². The van der Waals surface area contributed by atoms with Gasteiger partial charge in [-0.05, 0) is 223 Å². The number of rotatable bonds is 49. The van der Waals surface area contributed by atoms with Gasteiger partial charge < -0.3 is 71.7 Å². The number of ketones is 3. The second kappa shape index (κ2) is 56.5. The van der Waals surface area contributed by atoms with Crippen molar-refractivity contribution >= 4 is 78.3 Å². The molecule has 11 rings (SSSR count). The zero-order valence-electron chi connectivity index (χ0n) is 91.5. The van der Waals surface area contributed by atoms with Gasteiger partial charge in [-0.3, -0.25) is 28.8 Å². The summed E-state index contributed by atoms with van der Waals surface area (Å²) in [6.07, 6.45) is 7.89. The third-order valence-electron chi connectivity index (χ3n) is 31.0. The summed E-state index contributed by atoms with van der Waals surface area (Å²) in [6, 6.07) is 49.3. The molecular formula is C118H172N6O21Si. The molecule has 6 aliphatic rings. The van der Waals surface area contributed by atoms with E-state index in [9.17, 15) is 53.1 Å². The average Bonchev–Trinajstić information content (AvgIpc) is 0.968. The lowest BCUT2D eigenvalue weighted by atomic mass is 9.79. The molecule has 6 amide bonds. The maximum Gasteiger partial charge on any atom is 0.417 e. The summed E-state index contributed by atoms with van der Waals surface area (Å²) in [4.78, 5) is 145. The third kappa shape index (κ3) is 31.2. The van der Waals surface area contributed by atoms with Crippen molar-refractivity contribution < 1.29 is 100 Å². The van der Waals surface area contributed by atoms with E-state index in [0.717, 1.165) is 56.9 Å². The number of allylic oxidation sites excluding steroid dienone is 3. The van der Waals surface area contributed by atoms with Crippen LogP contribution in [0.1, 0.15) is 199 Å². The Kier molecular flexibility index (Phi) is 46.4. The summed E-state index contributed by atoms with van der Waals surface area (Å²) >= 11 is 0. The predicted molar refractivity (Wildman–Crippen MR) is 571 cm³/mol. The van der Waals surface area contributed by atoms with Gasteiger partial charge in [0.25, 0.3) is 8.32 Å². The molecule has 0 bridgehead atoms. The largest absolute Gasteiger partial charge is 0.447 e. The van der Waals surface area contributed by atoms with Gasteiger partial charge in [0.1, 0.15) is 43.5 Å². The minimum Gasteiger partial charge on any atom is -0.447 e. The Morgan fingerprint density at radius 1 is 0.425 bits per heavy atom. The highest BCUT2D eigenvalue weighted by atomic mass is 28.4. The van der Waals surface area contributed by atoms with Gasteiger partial charge in [0.05, 0.1) is 72.5 Å². The van der Waals surface area contributed by atoms with Gasteiger partial charge in [-0.15, -0.1) is 19.7 Å². The molecule has 6 aliphatic heterocycles. The molecule has 0 aromatic heterocycles. The number of carbonyl (C=O) groups excluding carboxylic acids is 10. The van der Waals surface area contributed by atoms with Crippen molar-refractivity contribution in [2.45, 2.75) is 298 Å². The van der Waals surface area contributed by atoms with Crippen LogP contribution in [0.15, 0.2) is 190 Å². The maximum absolute atomic E-state index is 14.7. The molecule has 0 radical (unpaired) electrons. The molecule has 30 atom stereocenters. The molecule has 28 heteroatoms. The molecule has 0 aliphatic carbocycles. The number of Topliss-reactive ketones (excluding diaryl/α,β-unsaturated/α-hetero) is 3. The fourth-order valence-electron chi connectivity index (χ4n) is 22.8. The Hall–Kier alpha value is -9.40. The summed E-state index contributed by atoms with van der Waals surface area (Å²) in [6.45, 7) is 48.2. The van der Waals surface area contributed by atoms with Crippen LogP contribution in [0, 0.1) is 88.8 Å². The summed E-state index contributed by atoms with van der Waals surface area (Å²) in [5.74, 6) is -8.68. The summed E-state index contributed by atoms with van der Waals surface area (Å²) in [7, 11) is 9.52. The fraction of sp³-hybridized carbons (Fsp3) is 0.610. The van der Waals surface area contributed by atoms with Crippen molar-refractivity contribution in [2.24, 2.45) is 88.8 Å². The van der Waals surface area contributed by atoms with Crippen LogP contribution < -0.4 is 10.4 Å². The van der Waals surface area contributed by atoms with Crippen LogP contribution >= 0.6 is 0 Å². The number of nitrogens with zero attached hydrogens (tertiary/aromatic N) is 6. The minimum absolute atomic E-state index is 0.00746. The minimum atomic E-state index is -2.81. The van der Waals surface area contributed by atoms with Crippen LogP contribution in [0.4, 0.5) is 14.4 Å². The zero-order valence-corrected chi connectivity index (χ0v) is 92.5. The topological polar surface area (TPSA) is 303 Å². The van der Waals surface area contributed by atoms with Crippen molar-refractivity contribution in [2.75, 3.05) is 75.3 Å². The molecule has 5 aromatic carbocycles. The number of hydrogen-bond donors (Lipinski definition) is 1. The van der Waals surface area contributed by atoms with E-state index >= 15 is 0 Å². The van der Waals surface area contributed by atoms with Crippen LogP contribution in [0.2, 0.25) is 5.04 Å². The molecule has 6 saturated heterocycles. The Bertz CT molecular complexity index is 4950. The molecule has 804 valence electrons. The molecule has 27 nitrogen and oxygen atoms in total. The van der Waals surface area contributed by atoms with Gasteiger partial charge in [0, 0.05) is 72.8 Å². The number of hydrogen-bond acceptors (Lipinski definition) is 24. The number of ether oxygens (including phenoxy) is 9. The van der Waals surface area contributed by atoms with Crippen molar-refractivity contribution in [3.63, 3.8) is 0 Å². The fourth-order valence-corrected chi connectivity index (χ4v) is 27.4. The Balaban J connectivity index is 0.000000249. The van der Waals surface area contributed by atoms with E-state index in [1.165, 1.54) is 10.4 Å². The molecule has 6 fully saturated rings. The monoisotopic (exact) mass is 2040 g/mol. The number of imide groups is 3. The second-order valence-corrected chi connectivity index (χ2v) is 48.6. The summed E-state index contributed by atoms with van der Waals surface area (Å²) < 4.78 is 63.0. The third-order valence-corrected chi connectivity index (χ3v) is 36.0. The van der Waals surface area contributed by atoms with Crippen LogP contribution in [0.3, 0.4) is 0 Å². The Morgan fingerprint density at radius 2 is 0.692 bits per heavy atom. The van der Waals surface area contributed by atoms with Gasteiger partial charge in [0.15, 0.2) is 18.9 Å². The SMILES string of the molecule is C=CC[C@@H](C[C@@H](C)C=O)[C@H](O[C@@H]1OC(C)CC(N(C)C)C1C)[C@@H](C)C(=O)C(C)C(=O)N1C(=O)OC[C@H]1Cc1ccccc1.C=CC[C@@H](C[C@@H](C)CO)[C@H](O[C@@H]1OC(C)CC(N(C)C)C1C)[C@@H](C)C(=O)C(C)C(=O)N1C(=O)OC[C@H]1Cc1ccccc1.C=CC[C@@H](C[C@@H](C)CO[Si](c1ccccc1)(c1ccccc1)C(C)(C)C)[C@H](O[C@@H]1O[C@H](C)CC(N(C)C)[C@H]1C)[C@@H](C)C(=O)C(C)C(=O)N1C(=O)OC[C@H]1Cc1ccccc1. The number of amides is 6. The van der Waals surface area contributed by atoms with Gasteiger partial charge in [-0.2, -0.15) is 0 Å². The Morgan fingerprint density at radius 3 is 0.945 bits per heavy atom. The predicted octanol–water partition coefficient (Wildman–Crippen LogP) is 17.9. The molecule has 0 spiro atoms. The molecule has 146 heavy (non-hydrogen) atoms. The lowest BCUT2D eigenvalue weighted by Crippen LogP contribution is -2.66. The van der Waals surface area contributed by atoms with E-state index in [4.69, 9.17) is 47.1 Å². The molecule has 6 heterocycles. The average molecular weight is 2040 g/mol. The first-order valence-electron chi connectivity index (χ1n) is 53.1. The lowest BCUT2D eigenvalue weighted by Gasteiger charge is -2.45. The zero-order chi connectivity index (χ0) is 107. The standard InChI is InChI=1S/C50H70N2O7Si.C34H52N2O7.C34H50N2O7/c1-12-22-40(29-34(2)32-57-60(50(7,8)9,42-25-18-14-19-26-42)43-27-20-15-21-28-43)46(59-48-36(4)44(51(10)11)30-35(3)58-48)37(5)45(53)38(6)47(54)52-41(33-56-49(52)55)31-39-23-16-13-17-24-39;2*1-9-13-27(16-21(2)19-37)31(43-33-23(4)29(35(7)8)17-22(3)42-33)24(5)30(38)25(6)32(39)36-28(20-41-34(36)40)18-26-14-11-10-12-15-26/h12-21,23-28,34-38,40-41,44,46,48H,1,22,29-33H2,2-11H3;9-12,14-15,21-25,27-29,31,33,37H,1,13,16-20H2,2-8H3;9-12,14-15,19,21-25,27-29,31,33H,1,13,16-18,20H2,2-8H3/t34-,35-,36-,37+,38?,40+,41-,44?,46-,48+;2*21-,22?,23?,24+,25?,27+,28-,29?,31-,33+/m111/s1. The van der Waals surface area contributed by atoms with Crippen LogP contribution in [0.5, 0.6) is 0 Å². The summed E-state index contributed by atoms with van der Waals surface area (Å²) in [5.41, 5.74) is 2.92. The van der Waals surface area contributed by atoms with Gasteiger partial charge in [-0.25, -0.2) is 29.1 Å². The first-order valence-corrected chi connectivity index (χ1v) is 55.0. The number of benzene rings is 5. The highest BCUT2D eigenvalue weighted by Gasteiger charge is 2.54. The molecule has 10 unspecified atom stereocenters. The maximum atomic E-state index is 14.7. The van der Waals surface area contributed by atoms with E-state index in [1.54, 1.807) is 40.7 Å². The summed E-state index contributed by atoms with van der Waals surface area (Å²) in [5, 5.41) is 12.1. The van der Waals surface area contributed by atoms with Gasteiger partial charge >= 0.3 is 18.3 Å². The quantitative estimate of drug-likeness (QED) is 0.0124. The van der Waals surface area contributed by atoms with E-state index in [2.05, 4.69) is 152 Å². The highest BCUT2D eigenvalue weighted by Crippen LogP contribution is 2.44. The smallest absolute Gasteiger partial charge is 0.417 e. The molecule has 0 saturated carbocycles. The highest BCUT2D eigenvalue weighted by molar-refractivity contribution is 6.99. The van der Waals surface area contributed by atoms with E-state index in [0.29, 0.717) is 64.4 Å². The van der Waals surface area contributed by atoms with Crippen molar-refractivity contribution in [3.05, 3.63) is 206 Å². The molecule has 1 N–H and O–H groups in total. The molecular weight excluding hydrogens is 1870 g/mol. The number of aldehydes is 1. The number of aliphatic hydroxyl groups excluding tert-OH is 1. The van der Waals surface area contributed by atoms with Gasteiger partial charge in [0.2, 0.25) is 17.7 Å². The lowest BCUT2D eigenvalue weighted by molar-refractivity contribution is -0.260. The van der Waals surface area contributed by atoms with Crippen molar-refractivity contribution in [1.82, 2.24) is 29.4 Å². The Labute approximate surface area is 871 Å². The first-order chi connectivity index (χ1) is 69.3. The van der Waals surface area contributed by atoms with E-state index in [-0.39, 0.29) is 139 Å². The van der Waals surface area contributed by atoms with E-state index in [1.807, 2.05) is 178 Å². The second-order valence-electron chi connectivity index (χ2n) is 44.3. The number of cyclic esters (lactones) is 3. The molecule has 5 aromatic rings. The van der Waals surface area contributed by atoms with Crippen molar-refractivity contribution in [1.29, 1.82) is 0 Å². The number of carbonyl (C=O) groups is 10. The van der Waals surface area contributed by atoms with Crippen molar-refractivity contribution in [3.8, 4) is 0 Å². The number of aliphatic hydroxyl groups is 1. The van der Waals surface area contributed by atoms with Crippen LogP contribution in [0.25, 0.3) is 0 Å². The normalized spacial score (nSPS) is 26.0.